The van der Waals surface area contributed by atoms with Crippen LogP contribution in [0.15, 0.2) is 45.3 Å². The van der Waals surface area contributed by atoms with Crippen LogP contribution in [0.25, 0.3) is 11.4 Å². The molecule has 2 aromatic heterocycles. The van der Waals surface area contributed by atoms with Crippen LogP contribution in [0.1, 0.15) is 11.8 Å². The van der Waals surface area contributed by atoms with Crippen LogP contribution in [-0.2, 0) is 18.3 Å². The zero-order valence-corrected chi connectivity index (χ0v) is 17.0. The van der Waals surface area contributed by atoms with Gasteiger partial charge in [0.25, 0.3) is 0 Å². The smallest absolute Gasteiger partial charge is 0.234 e. The van der Waals surface area contributed by atoms with Crippen molar-refractivity contribution in [2.24, 2.45) is 7.05 Å². The van der Waals surface area contributed by atoms with E-state index in [1.165, 1.54) is 16.6 Å². The number of aromatic nitrogens is 3. The molecule has 130 valence electrons. The van der Waals surface area contributed by atoms with Crippen molar-refractivity contribution < 1.29 is 4.79 Å². The zero-order chi connectivity index (χ0) is 17.8. The molecule has 8 heteroatoms. The Bertz CT molecular complexity index is 873. The Labute approximate surface area is 163 Å². The topological polar surface area (TPSA) is 59.8 Å². The number of carbonyl (C=O) groups excluding carboxylic acids is 1. The minimum Gasteiger partial charge on any atom is -0.325 e. The number of nitrogens with zero attached hydrogens (tertiary/aromatic N) is 3. The summed E-state index contributed by atoms with van der Waals surface area (Å²) in [6, 6.07) is 9.64. The lowest BCUT2D eigenvalue weighted by atomic mass is 10.2. The first-order valence-corrected chi connectivity index (χ1v) is 10.4. The van der Waals surface area contributed by atoms with E-state index < -0.39 is 0 Å². The molecule has 5 nitrogen and oxygen atoms in total. The normalized spacial score (nSPS) is 10.8. The first-order chi connectivity index (χ1) is 12.1. The average molecular weight is 437 g/mol. The van der Waals surface area contributed by atoms with Gasteiger partial charge in [0.15, 0.2) is 11.0 Å². The second kappa shape index (κ2) is 8.16. The number of hydrogen-bond donors (Lipinski definition) is 1. The minimum atomic E-state index is -0.0688. The van der Waals surface area contributed by atoms with Crippen molar-refractivity contribution in [2.75, 3.05) is 11.1 Å². The van der Waals surface area contributed by atoms with Gasteiger partial charge in [-0.15, -0.1) is 21.5 Å². The molecule has 0 aliphatic heterocycles. The Hall–Kier alpha value is -1.64. The summed E-state index contributed by atoms with van der Waals surface area (Å²) < 4.78 is 2.91. The molecule has 0 radical (unpaired) electrons. The maximum atomic E-state index is 12.1. The van der Waals surface area contributed by atoms with E-state index in [9.17, 15) is 4.79 Å². The molecule has 25 heavy (non-hydrogen) atoms. The highest BCUT2D eigenvalue weighted by atomic mass is 79.9. The number of thioether (sulfide) groups is 1. The number of rotatable bonds is 6. The van der Waals surface area contributed by atoms with Gasteiger partial charge in [-0.3, -0.25) is 4.79 Å². The summed E-state index contributed by atoms with van der Waals surface area (Å²) in [5.74, 6) is 1.04. The number of nitrogens with one attached hydrogen (secondary N) is 1. The molecule has 1 amide bonds. The third-order valence-electron chi connectivity index (χ3n) is 3.56. The predicted molar refractivity (Wildman–Crippen MR) is 107 cm³/mol. The standard InChI is InChI=1S/C17H17BrN4OS2/c1-3-14-8-11(9-24-14)16-20-21-17(22(16)2)25-10-15(23)19-13-6-4-12(18)5-7-13/h4-9H,3,10H2,1-2H3,(H,19,23). The van der Waals surface area contributed by atoms with Crippen LogP contribution < -0.4 is 5.32 Å². The molecule has 0 saturated carbocycles. The Morgan fingerprint density at radius 2 is 2.08 bits per heavy atom. The fourth-order valence-corrected chi connectivity index (χ4v) is 4.02. The molecule has 0 spiro atoms. The maximum absolute atomic E-state index is 12.1. The molecule has 3 aromatic rings. The van der Waals surface area contributed by atoms with Crippen molar-refractivity contribution in [3.8, 4) is 11.4 Å². The predicted octanol–water partition coefficient (Wildman–Crippen LogP) is 4.60. The summed E-state index contributed by atoms with van der Waals surface area (Å²) in [6.45, 7) is 2.14. The fraction of sp³-hybridized carbons (Fsp3) is 0.235. The van der Waals surface area contributed by atoms with Crippen LogP contribution in [0.2, 0.25) is 0 Å². The lowest BCUT2D eigenvalue weighted by molar-refractivity contribution is -0.113. The quantitative estimate of drug-likeness (QED) is 0.573. The molecule has 0 fully saturated rings. The van der Waals surface area contributed by atoms with Crippen molar-refractivity contribution in [3.63, 3.8) is 0 Å². The van der Waals surface area contributed by atoms with Crippen molar-refractivity contribution >= 4 is 50.6 Å². The molecule has 0 aliphatic rings. The number of thiophene rings is 1. The van der Waals surface area contributed by atoms with Crippen molar-refractivity contribution in [3.05, 3.63) is 45.1 Å². The highest BCUT2D eigenvalue weighted by molar-refractivity contribution is 9.10. The van der Waals surface area contributed by atoms with Crippen molar-refractivity contribution in [1.29, 1.82) is 0 Å². The van der Waals surface area contributed by atoms with Gasteiger partial charge in [0.05, 0.1) is 5.75 Å². The van der Waals surface area contributed by atoms with E-state index >= 15 is 0 Å². The largest absolute Gasteiger partial charge is 0.325 e. The number of anilines is 1. The second-order valence-electron chi connectivity index (χ2n) is 5.36. The summed E-state index contributed by atoms with van der Waals surface area (Å²) in [5, 5.41) is 14.2. The highest BCUT2D eigenvalue weighted by Gasteiger charge is 2.14. The Kier molecular flexibility index (Phi) is 5.93. The summed E-state index contributed by atoms with van der Waals surface area (Å²) >= 11 is 6.48. The lowest BCUT2D eigenvalue weighted by Crippen LogP contribution is -2.14. The zero-order valence-electron chi connectivity index (χ0n) is 13.8. The van der Waals surface area contributed by atoms with Gasteiger partial charge in [0.2, 0.25) is 5.91 Å². The van der Waals surface area contributed by atoms with E-state index in [0.717, 1.165) is 33.1 Å². The van der Waals surface area contributed by atoms with Gasteiger partial charge < -0.3 is 9.88 Å². The van der Waals surface area contributed by atoms with E-state index in [1.54, 1.807) is 11.3 Å². The fourth-order valence-electron chi connectivity index (χ4n) is 2.24. The Morgan fingerprint density at radius 1 is 1.32 bits per heavy atom. The first kappa shape index (κ1) is 18.2. The minimum absolute atomic E-state index is 0.0688. The van der Waals surface area contributed by atoms with Crippen LogP contribution in [0.3, 0.4) is 0 Å². The number of amides is 1. The third kappa shape index (κ3) is 4.50. The van der Waals surface area contributed by atoms with Crippen LogP contribution in [0, 0.1) is 0 Å². The Balaban J connectivity index is 1.61. The van der Waals surface area contributed by atoms with Gasteiger partial charge in [0.1, 0.15) is 0 Å². The number of carbonyl (C=O) groups is 1. The molecule has 0 bridgehead atoms. The molecular formula is C17H17BrN4OS2. The molecule has 1 N–H and O–H groups in total. The van der Waals surface area contributed by atoms with Crippen molar-refractivity contribution in [2.45, 2.75) is 18.5 Å². The third-order valence-corrected chi connectivity index (χ3v) is 6.19. The van der Waals surface area contributed by atoms with E-state index in [2.05, 4.69) is 49.8 Å². The molecule has 3 rings (SSSR count). The number of halogens is 1. The monoisotopic (exact) mass is 436 g/mol. The molecule has 2 heterocycles. The summed E-state index contributed by atoms with van der Waals surface area (Å²) in [5.41, 5.74) is 1.85. The van der Waals surface area contributed by atoms with Crippen molar-refractivity contribution in [1.82, 2.24) is 14.8 Å². The van der Waals surface area contributed by atoms with Gasteiger partial charge >= 0.3 is 0 Å². The van der Waals surface area contributed by atoms with Gasteiger partial charge in [-0.25, -0.2) is 0 Å². The van der Waals surface area contributed by atoms with Gasteiger partial charge in [-0.2, -0.15) is 0 Å². The molecule has 1 aromatic carbocycles. The molecule has 0 saturated heterocycles. The second-order valence-corrected chi connectivity index (χ2v) is 8.22. The lowest BCUT2D eigenvalue weighted by Gasteiger charge is -2.05. The van der Waals surface area contributed by atoms with Gasteiger partial charge in [-0.1, -0.05) is 34.6 Å². The summed E-state index contributed by atoms with van der Waals surface area (Å²) in [7, 11) is 1.92. The van der Waals surface area contributed by atoms with Crippen LogP contribution in [-0.4, -0.2) is 26.4 Å². The van der Waals surface area contributed by atoms with Gasteiger partial charge in [-0.05, 0) is 36.8 Å². The number of aryl methyl sites for hydroxylation is 1. The van der Waals surface area contributed by atoms with E-state index in [-0.39, 0.29) is 11.7 Å². The summed E-state index contributed by atoms with van der Waals surface area (Å²) in [4.78, 5) is 13.4. The van der Waals surface area contributed by atoms with Crippen LogP contribution in [0.4, 0.5) is 5.69 Å². The van der Waals surface area contributed by atoms with E-state index in [4.69, 9.17) is 0 Å². The van der Waals surface area contributed by atoms with Gasteiger partial charge in [0, 0.05) is 33.0 Å². The number of benzene rings is 1. The van der Waals surface area contributed by atoms with E-state index in [0.29, 0.717) is 0 Å². The summed E-state index contributed by atoms with van der Waals surface area (Å²) in [6.07, 6.45) is 1.01. The SMILES string of the molecule is CCc1cc(-c2nnc(SCC(=O)Nc3ccc(Br)cc3)n2C)cs1. The van der Waals surface area contributed by atoms with Crippen LogP contribution >= 0.6 is 39.0 Å². The Morgan fingerprint density at radius 3 is 2.76 bits per heavy atom. The molecule has 0 atom stereocenters. The van der Waals surface area contributed by atoms with E-state index in [1.807, 2.05) is 35.9 Å². The first-order valence-electron chi connectivity index (χ1n) is 7.72. The molecular weight excluding hydrogens is 420 g/mol. The average Bonchev–Trinajstić information content (AvgIpc) is 3.21. The molecule has 0 unspecified atom stereocenters. The number of hydrogen-bond acceptors (Lipinski definition) is 5. The van der Waals surface area contributed by atoms with Crippen LogP contribution in [0.5, 0.6) is 0 Å². The molecule has 0 aliphatic carbocycles. The maximum Gasteiger partial charge on any atom is 0.234 e. The highest BCUT2D eigenvalue weighted by Crippen LogP contribution is 2.27.